The third kappa shape index (κ3) is 26.5. The molecule has 3 amide bonds. The fourth-order valence-electron chi connectivity index (χ4n) is 10.5. The van der Waals surface area contributed by atoms with Crippen LogP contribution in [0.3, 0.4) is 0 Å². The number of hydrogen-bond donors (Lipinski definition) is 4. The van der Waals surface area contributed by atoms with Crippen LogP contribution in [0.2, 0.25) is 0 Å². The summed E-state index contributed by atoms with van der Waals surface area (Å²) < 4.78 is 16.7. The van der Waals surface area contributed by atoms with Crippen molar-refractivity contribution in [3.63, 3.8) is 0 Å². The number of rotatable bonds is 38. The first-order chi connectivity index (χ1) is 31.4. The third-order valence-electron chi connectivity index (χ3n) is 14.9. The van der Waals surface area contributed by atoms with Crippen LogP contribution >= 0.6 is 0 Å². The van der Waals surface area contributed by atoms with Gasteiger partial charge in [0.2, 0.25) is 17.7 Å². The summed E-state index contributed by atoms with van der Waals surface area (Å²) in [5, 5.41) is 9.24. The SMILES string of the molecule is CC1=C(CCC(C)CCCC(C)CC(=O)N[C@@H](CCCCNC(=O)C[C@H](C)CCCC(C)CCC2=C(C)CCCC2(C)C)C(=O)NCCCOCCOCCOCCCN)C(C)(C)CCC1. The van der Waals surface area contributed by atoms with E-state index in [1.807, 2.05) is 0 Å². The maximum Gasteiger partial charge on any atom is 0.242 e. The minimum absolute atomic E-state index is 0.0666. The number of nitrogens with one attached hydrogen (secondary N) is 3. The molecule has 384 valence electrons. The maximum absolute atomic E-state index is 13.4. The number of carbonyl (C=O) groups is 3. The van der Waals surface area contributed by atoms with Crippen LogP contribution in [0.5, 0.6) is 0 Å². The van der Waals surface area contributed by atoms with Crippen molar-refractivity contribution in [2.24, 2.45) is 40.2 Å². The lowest BCUT2D eigenvalue weighted by molar-refractivity contribution is -0.129. The van der Waals surface area contributed by atoms with Crippen LogP contribution < -0.4 is 21.7 Å². The van der Waals surface area contributed by atoms with Crippen LogP contribution in [0, 0.1) is 34.5 Å². The van der Waals surface area contributed by atoms with E-state index in [1.165, 1.54) is 77.0 Å². The normalized spacial score (nSPS) is 18.4. The smallest absolute Gasteiger partial charge is 0.242 e. The predicted molar refractivity (Wildman–Crippen MR) is 275 cm³/mol. The number of hydrogen-bond acceptors (Lipinski definition) is 7. The monoisotopic (exact) mass is 929 g/mol. The number of ether oxygens (including phenoxy) is 3. The summed E-state index contributed by atoms with van der Waals surface area (Å²) in [6, 6.07) is -0.610. The maximum atomic E-state index is 13.4. The molecule has 66 heavy (non-hydrogen) atoms. The molecule has 0 bridgehead atoms. The molecule has 0 aromatic heterocycles. The summed E-state index contributed by atoms with van der Waals surface area (Å²) in [4.78, 5) is 39.6. The number of amides is 3. The van der Waals surface area contributed by atoms with Gasteiger partial charge in [-0.05, 0) is 151 Å². The van der Waals surface area contributed by atoms with Gasteiger partial charge in [0.15, 0.2) is 0 Å². The zero-order chi connectivity index (χ0) is 48.8. The Bertz CT molecular complexity index is 1420. The van der Waals surface area contributed by atoms with Crippen LogP contribution in [0.25, 0.3) is 0 Å². The van der Waals surface area contributed by atoms with Gasteiger partial charge in [-0.3, -0.25) is 14.4 Å². The number of nitrogens with two attached hydrogens (primary N) is 1. The highest BCUT2D eigenvalue weighted by molar-refractivity contribution is 5.87. The molecule has 2 aliphatic carbocycles. The third-order valence-corrected chi connectivity index (χ3v) is 14.9. The van der Waals surface area contributed by atoms with Crippen LogP contribution in [-0.4, -0.2) is 83.0 Å². The molecule has 0 aromatic rings. The van der Waals surface area contributed by atoms with E-state index < -0.39 is 6.04 Å². The van der Waals surface area contributed by atoms with Crippen molar-refractivity contribution in [3.8, 4) is 0 Å². The predicted octanol–water partition coefficient (Wildman–Crippen LogP) is 11.9. The largest absolute Gasteiger partial charge is 0.379 e. The van der Waals surface area contributed by atoms with Crippen molar-refractivity contribution >= 4 is 17.7 Å². The zero-order valence-corrected chi connectivity index (χ0v) is 44.5. The van der Waals surface area contributed by atoms with Gasteiger partial charge in [0, 0.05) is 39.1 Å². The number of carbonyl (C=O) groups excluding carboxylic acids is 3. The van der Waals surface area contributed by atoms with Gasteiger partial charge < -0.3 is 35.9 Å². The average Bonchev–Trinajstić information content (AvgIpc) is 3.23. The van der Waals surface area contributed by atoms with E-state index in [1.54, 1.807) is 22.3 Å². The van der Waals surface area contributed by atoms with Crippen LogP contribution in [0.1, 0.15) is 217 Å². The van der Waals surface area contributed by atoms with E-state index in [-0.39, 0.29) is 23.6 Å². The lowest BCUT2D eigenvalue weighted by atomic mass is 9.70. The lowest BCUT2D eigenvalue weighted by Gasteiger charge is -2.35. The fraction of sp³-hybridized carbons (Fsp3) is 0.875. The molecule has 2 aliphatic rings. The molecule has 0 heterocycles. The molecule has 3 unspecified atom stereocenters. The molecule has 0 aliphatic heterocycles. The Labute approximate surface area is 405 Å². The van der Waals surface area contributed by atoms with Gasteiger partial charge in [-0.25, -0.2) is 0 Å². The minimum atomic E-state index is -0.610. The second-order valence-corrected chi connectivity index (χ2v) is 22.4. The molecule has 5 N–H and O–H groups in total. The molecule has 0 aromatic carbocycles. The van der Waals surface area contributed by atoms with Crippen LogP contribution in [0.15, 0.2) is 22.3 Å². The highest BCUT2D eigenvalue weighted by Crippen LogP contribution is 2.44. The highest BCUT2D eigenvalue weighted by Gasteiger charge is 2.29. The Morgan fingerprint density at radius 3 is 1.50 bits per heavy atom. The summed E-state index contributed by atoms with van der Waals surface area (Å²) in [6.07, 6.45) is 23.9. The van der Waals surface area contributed by atoms with Crippen LogP contribution in [-0.2, 0) is 28.6 Å². The second kappa shape index (κ2) is 34.1. The molecule has 5 atom stereocenters. The quantitative estimate of drug-likeness (QED) is 0.0357. The van der Waals surface area contributed by atoms with Gasteiger partial charge in [0.1, 0.15) is 6.04 Å². The summed E-state index contributed by atoms with van der Waals surface area (Å²) in [5.74, 6) is 1.84. The Hall–Kier alpha value is -2.27. The second-order valence-electron chi connectivity index (χ2n) is 22.4. The Kier molecular flexibility index (Phi) is 30.9. The Morgan fingerprint density at radius 1 is 0.545 bits per heavy atom. The van der Waals surface area contributed by atoms with Crippen molar-refractivity contribution in [1.29, 1.82) is 0 Å². The van der Waals surface area contributed by atoms with Gasteiger partial charge in [-0.1, -0.05) is 116 Å². The first-order valence-electron chi connectivity index (χ1n) is 27.1. The topological polar surface area (TPSA) is 141 Å². The zero-order valence-electron chi connectivity index (χ0n) is 44.5. The van der Waals surface area contributed by atoms with Gasteiger partial charge in [-0.2, -0.15) is 0 Å². The van der Waals surface area contributed by atoms with Crippen molar-refractivity contribution < 1.29 is 28.6 Å². The molecule has 0 saturated carbocycles. The Morgan fingerprint density at radius 2 is 1.00 bits per heavy atom. The minimum Gasteiger partial charge on any atom is -0.379 e. The molecule has 0 radical (unpaired) electrons. The van der Waals surface area contributed by atoms with Crippen LogP contribution in [0.4, 0.5) is 0 Å². The lowest BCUT2D eigenvalue weighted by Crippen LogP contribution is -2.47. The first-order valence-corrected chi connectivity index (χ1v) is 27.1. The van der Waals surface area contributed by atoms with E-state index in [2.05, 4.69) is 85.2 Å². The van der Waals surface area contributed by atoms with Gasteiger partial charge >= 0.3 is 0 Å². The van der Waals surface area contributed by atoms with Crippen molar-refractivity contribution in [2.75, 3.05) is 59.3 Å². The van der Waals surface area contributed by atoms with Gasteiger partial charge in [0.05, 0.1) is 26.4 Å². The molecule has 10 heteroatoms. The molecule has 0 saturated heterocycles. The molecule has 0 spiro atoms. The molecule has 2 rings (SSSR count). The van der Waals surface area contributed by atoms with E-state index in [4.69, 9.17) is 19.9 Å². The van der Waals surface area contributed by atoms with Crippen molar-refractivity contribution in [3.05, 3.63) is 22.3 Å². The van der Waals surface area contributed by atoms with Crippen molar-refractivity contribution in [2.45, 2.75) is 223 Å². The molecule has 10 nitrogen and oxygen atoms in total. The van der Waals surface area contributed by atoms with E-state index in [0.717, 1.165) is 44.9 Å². The summed E-state index contributed by atoms with van der Waals surface area (Å²) in [6.45, 7) is 28.3. The molecular weight excluding hydrogens is 825 g/mol. The number of allylic oxidation sites excluding steroid dienone is 4. The fourth-order valence-corrected chi connectivity index (χ4v) is 10.5. The summed E-state index contributed by atoms with van der Waals surface area (Å²) in [5.41, 5.74) is 12.8. The average molecular weight is 929 g/mol. The summed E-state index contributed by atoms with van der Waals surface area (Å²) in [7, 11) is 0. The highest BCUT2D eigenvalue weighted by atomic mass is 16.5. The molecule has 0 fully saturated rings. The summed E-state index contributed by atoms with van der Waals surface area (Å²) >= 11 is 0. The van der Waals surface area contributed by atoms with E-state index in [0.29, 0.717) is 114 Å². The molecular formula is C56H104N4O6. The van der Waals surface area contributed by atoms with E-state index in [9.17, 15) is 14.4 Å². The van der Waals surface area contributed by atoms with Gasteiger partial charge in [0.25, 0.3) is 0 Å². The first kappa shape index (κ1) is 59.9. The number of unbranched alkanes of at least 4 members (excludes halogenated alkanes) is 1. The van der Waals surface area contributed by atoms with Gasteiger partial charge in [-0.15, -0.1) is 0 Å². The van der Waals surface area contributed by atoms with Crippen molar-refractivity contribution in [1.82, 2.24) is 16.0 Å². The van der Waals surface area contributed by atoms with E-state index >= 15 is 0 Å². The standard InChI is InChI=1S/C56H104N4O6/c1-43(26-28-49-47(5)23-15-30-55(49,7)8)19-13-21-45(3)41-52(61)58-33-12-11-25-51(54(63)59-34-18-36-65-38-40-66-39-37-64-35-17-32-57)60-53(62)42-46(4)22-14-20-44(2)27-29-50-48(6)24-16-31-56(50,9)10/h43-46,51H,11-42,57H2,1-10H3,(H,58,61)(H,59,63)(H,60,62)/t43?,44?,45-,46?,51+/m1/s1. The Balaban J connectivity index is 1.73.